The van der Waals surface area contributed by atoms with E-state index in [1.165, 1.54) is 0 Å². The first-order chi connectivity index (χ1) is 12.7. The van der Waals surface area contributed by atoms with Crippen LogP contribution in [0.15, 0.2) is 57.4 Å². The summed E-state index contributed by atoms with van der Waals surface area (Å²) in [7, 11) is 3.12. The SMILES string of the molecule is COCc1ccc(C(=O)Nc2cc3oc4ccccc4c3cc2OC)o1. The van der Waals surface area contributed by atoms with Gasteiger partial charge < -0.3 is 23.6 Å². The molecule has 0 spiro atoms. The molecule has 0 saturated heterocycles. The lowest BCUT2D eigenvalue weighted by Gasteiger charge is -2.09. The molecule has 1 N–H and O–H groups in total. The van der Waals surface area contributed by atoms with Crippen LogP contribution >= 0.6 is 0 Å². The number of fused-ring (bicyclic) bond motifs is 3. The van der Waals surface area contributed by atoms with E-state index in [1.807, 2.05) is 30.3 Å². The fourth-order valence-corrected chi connectivity index (χ4v) is 2.92. The van der Waals surface area contributed by atoms with Gasteiger partial charge in [-0.3, -0.25) is 4.79 Å². The van der Waals surface area contributed by atoms with Gasteiger partial charge in [0.15, 0.2) is 5.76 Å². The molecular formula is C20H17NO5. The van der Waals surface area contributed by atoms with Crippen LogP contribution in [0.2, 0.25) is 0 Å². The lowest BCUT2D eigenvalue weighted by Crippen LogP contribution is -2.11. The average Bonchev–Trinajstić information content (AvgIpc) is 3.25. The number of benzene rings is 2. The molecule has 4 aromatic rings. The Bertz CT molecular complexity index is 1090. The van der Waals surface area contributed by atoms with Gasteiger partial charge in [-0.1, -0.05) is 18.2 Å². The molecule has 0 aliphatic rings. The molecule has 2 aromatic heterocycles. The van der Waals surface area contributed by atoms with Gasteiger partial charge in [-0.05, 0) is 24.3 Å². The Morgan fingerprint density at radius 2 is 1.85 bits per heavy atom. The van der Waals surface area contributed by atoms with Crippen LogP contribution in [0.25, 0.3) is 21.9 Å². The molecule has 2 heterocycles. The zero-order valence-electron chi connectivity index (χ0n) is 14.4. The van der Waals surface area contributed by atoms with E-state index >= 15 is 0 Å². The number of carbonyl (C=O) groups excluding carboxylic acids is 1. The Morgan fingerprint density at radius 1 is 1.00 bits per heavy atom. The van der Waals surface area contributed by atoms with Crippen LogP contribution in [0.1, 0.15) is 16.3 Å². The number of nitrogens with one attached hydrogen (secondary N) is 1. The molecule has 6 nitrogen and oxygen atoms in total. The Hall–Kier alpha value is -3.25. The molecule has 0 radical (unpaired) electrons. The third kappa shape index (κ3) is 2.80. The second-order valence-corrected chi connectivity index (χ2v) is 5.80. The molecule has 26 heavy (non-hydrogen) atoms. The molecule has 4 rings (SSSR count). The first kappa shape index (κ1) is 16.2. The molecule has 0 saturated carbocycles. The molecule has 0 aliphatic heterocycles. The van der Waals surface area contributed by atoms with Crippen LogP contribution in [-0.4, -0.2) is 20.1 Å². The topological polar surface area (TPSA) is 73.8 Å². The van der Waals surface area contributed by atoms with Crippen molar-refractivity contribution in [1.29, 1.82) is 0 Å². The molecule has 0 fully saturated rings. The second kappa shape index (κ2) is 6.57. The van der Waals surface area contributed by atoms with Crippen LogP contribution < -0.4 is 10.1 Å². The van der Waals surface area contributed by atoms with Crippen molar-refractivity contribution in [2.75, 3.05) is 19.5 Å². The molecule has 2 aromatic carbocycles. The summed E-state index contributed by atoms with van der Waals surface area (Å²) in [6.45, 7) is 0.307. The van der Waals surface area contributed by atoms with Gasteiger partial charge in [0.25, 0.3) is 5.91 Å². The number of para-hydroxylation sites is 1. The van der Waals surface area contributed by atoms with E-state index in [0.29, 0.717) is 29.4 Å². The minimum absolute atomic E-state index is 0.198. The molecule has 1 amide bonds. The molecule has 0 unspecified atom stereocenters. The zero-order chi connectivity index (χ0) is 18.1. The van der Waals surface area contributed by atoms with E-state index < -0.39 is 0 Å². The molecule has 6 heteroatoms. The summed E-state index contributed by atoms with van der Waals surface area (Å²) in [5.41, 5.74) is 1.96. The summed E-state index contributed by atoms with van der Waals surface area (Å²) in [5.74, 6) is 0.948. The highest BCUT2D eigenvalue weighted by atomic mass is 16.5. The highest BCUT2D eigenvalue weighted by molar-refractivity contribution is 6.09. The van der Waals surface area contributed by atoms with E-state index in [2.05, 4.69) is 5.32 Å². The van der Waals surface area contributed by atoms with Gasteiger partial charge in [0.05, 0.1) is 12.8 Å². The number of amides is 1. The van der Waals surface area contributed by atoms with Crippen LogP contribution in [0.3, 0.4) is 0 Å². The molecule has 0 aliphatic carbocycles. The number of methoxy groups -OCH3 is 2. The normalized spacial score (nSPS) is 11.2. The standard InChI is InChI=1S/C20H17NO5/c1-23-11-12-7-8-17(25-12)20(22)21-15-10-18-14(9-19(15)24-2)13-5-3-4-6-16(13)26-18/h3-10H,11H2,1-2H3,(H,21,22). The van der Waals surface area contributed by atoms with Crippen molar-refractivity contribution in [2.45, 2.75) is 6.61 Å². The Morgan fingerprint density at radius 3 is 2.65 bits per heavy atom. The highest BCUT2D eigenvalue weighted by Crippen LogP contribution is 2.36. The maximum absolute atomic E-state index is 12.5. The molecule has 132 valence electrons. The van der Waals surface area contributed by atoms with Crippen LogP contribution in [0, 0.1) is 0 Å². The monoisotopic (exact) mass is 351 g/mol. The molecule has 0 atom stereocenters. The van der Waals surface area contributed by atoms with E-state index in [1.54, 1.807) is 32.4 Å². The maximum atomic E-state index is 12.5. The fraction of sp³-hybridized carbons (Fsp3) is 0.150. The third-order valence-corrected chi connectivity index (χ3v) is 4.12. The predicted molar refractivity (Wildman–Crippen MR) is 97.6 cm³/mol. The smallest absolute Gasteiger partial charge is 0.291 e. The van der Waals surface area contributed by atoms with Crippen LogP contribution in [0.5, 0.6) is 5.75 Å². The van der Waals surface area contributed by atoms with Crippen molar-refractivity contribution in [3.8, 4) is 5.75 Å². The minimum atomic E-state index is -0.374. The van der Waals surface area contributed by atoms with Crippen molar-refractivity contribution < 1.29 is 23.1 Å². The van der Waals surface area contributed by atoms with Gasteiger partial charge in [-0.15, -0.1) is 0 Å². The highest BCUT2D eigenvalue weighted by Gasteiger charge is 2.17. The number of rotatable bonds is 5. The predicted octanol–water partition coefficient (Wildman–Crippen LogP) is 4.59. The van der Waals surface area contributed by atoms with Crippen LogP contribution in [-0.2, 0) is 11.3 Å². The summed E-state index contributed by atoms with van der Waals surface area (Å²) in [6.07, 6.45) is 0. The number of carbonyl (C=O) groups is 1. The van der Waals surface area contributed by atoms with E-state index in [4.69, 9.17) is 18.3 Å². The molecular weight excluding hydrogens is 334 g/mol. The van der Waals surface area contributed by atoms with Crippen molar-refractivity contribution in [2.24, 2.45) is 0 Å². The number of hydrogen-bond donors (Lipinski definition) is 1. The number of anilines is 1. The van der Waals surface area contributed by atoms with E-state index in [0.717, 1.165) is 16.4 Å². The fourth-order valence-electron chi connectivity index (χ4n) is 2.92. The van der Waals surface area contributed by atoms with Crippen molar-refractivity contribution in [1.82, 2.24) is 0 Å². The van der Waals surface area contributed by atoms with Crippen molar-refractivity contribution >= 4 is 33.5 Å². The molecule has 0 bridgehead atoms. The quantitative estimate of drug-likeness (QED) is 0.569. The summed E-state index contributed by atoms with van der Waals surface area (Å²) in [4.78, 5) is 12.5. The van der Waals surface area contributed by atoms with Gasteiger partial charge in [0.1, 0.15) is 29.3 Å². The van der Waals surface area contributed by atoms with Crippen molar-refractivity contribution in [3.63, 3.8) is 0 Å². The third-order valence-electron chi connectivity index (χ3n) is 4.12. The van der Waals surface area contributed by atoms with Gasteiger partial charge in [0.2, 0.25) is 0 Å². The van der Waals surface area contributed by atoms with E-state index in [-0.39, 0.29) is 11.7 Å². The van der Waals surface area contributed by atoms with E-state index in [9.17, 15) is 4.79 Å². The summed E-state index contributed by atoms with van der Waals surface area (Å²) < 4.78 is 21.8. The van der Waals surface area contributed by atoms with Crippen molar-refractivity contribution in [3.05, 3.63) is 60.1 Å². The number of furan rings is 2. The van der Waals surface area contributed by atoms with Crippen LogP contribution in [0.4, 0.5) is 5.69 Å². The largest absolute Gasteiger partial charge is 0.495 e. The van der Waals surface area contributed by atoms with Gasteiger partial charge in [-0.25, -0.2) is 0 Å². The van der Waals surface area contributed by atoms with Gasteiger partial charge in [0, 0.05) is 23.9 Å². The lowest BCUT2D eigenvalue weighted by molar-refractivity contribution is 0.0987. The first-order valence-corrected chi connectivity index (χ1v) is 8.08. The number of ether oxygens (including phenoxy) is 2. The second-order valence-electron chi connectivity index (χ2n) is 5.80. The Labute approximate surface area is 149 Å². The summed E-state index contributed by atoms with van der Waals surface area (Å²) in [5, 5.41) is 4.73. The summed E-state index contributed by atoms with van der Waals surface area (Å²) in [6, 6.07) is 14.7. The first-order valence-electron chi connectivity index (χ1n) is 8.08. The lowest BCUT2D eigenvalue weighted by atomic mass is 10.1. The Balaban J connectivity index is 1.70. The Kier molecular flexibility index (Phi) is 4.10. The maximum Gasteiger partial charge on any atom is 0.291 e. The minimum Gasteiger partial charge on any atom is -0.495 e. The average molecular weight is 351 g/mol. The van der Waals surface area contributed by atoms with Gasteiger partial charge >= 0.3 is 0 Å². The zero-order valence-corrected chi connectivity index (χ0v) is 14.4. The summed E-state index contributed by atoms with van der Waals surface area (Å²) >= 11 is 0. The number of hydrogen-bond acceptors (Lipinski definition) is 5. The van der Waals surface area contributed by atoms with Gasteiger partial charge in [-0.2, -0.15) is 0 Å².